The molecule has 2 heterocycles. The highest BCUT2D eigenvalue weighted by Gasteiger charge is 2.05. The highest BCUT2D eigenvalue weighted by atomic mass is 79.9. The van der Waals surface area contributed by atoms with Gasteiger partial charge in [0.05, 0.1) is 16.2 Å². The maximum Gasteiger partial charge on any atom is 0.108 e. The molecule has 0 atom stereocenters. The number of halogens is 2. The molecule has 1 aromatic carbocycles. The topological polar surface area (TPSA) is 25.8 Å². The molecule has 3 aromatic rings. The highest BCUT2D eigenvalue weighted by molar-refractivity contribution is 9.10. The van der Waals surface area contributed by atoms with Crippen LogP contribution in [0.3, 0.4) is 0 Å². The van der Waals surface area contributed by atoms with E-state index in [0.29, 0.717) is 5.02 Å². The molecule has 0 radical (unpaired) electrons. The molecule has 0 saturated heterocycles. The summed E-state index contributed by atoms with van der Waals surface area (Å²) in [7, 11) is 0. The second kappa shape index (κ2) is 4.67. The molecule has 2 aromatic heterocycles. The molecular formula is C14H8BrClN2. The van der Waals surface area contributed by atoms with Crippen molar-refractivity contribution in [2.45, 2.75) is 0 Å². The number of hydrogen-bond acceptors (Lipinski definition) is 2. The van der Waals surface area contributed by atoms with Crippen LogP contribution in [-0.2, 0) is 0 Å². The lowest BCUT2D eigenvalue weighted by Gasteiger charge is -2.04. The van der Waals surface area contributed by atoms with E-state index in [-0.39, 0.29) is 0 Å². The minimum Gasteiger partial charge on any atom is -0.255 e. The summed E-state index contributed by atoms with van der Waals surface area (Å²) in [6.45, 7) is 0. The standard InChI is InChI=1S/C14H8BrClN2/c15-10-3-1-2-9(8-10)12-4-5-13-14(18-12)11(16)6-7-17-13/h1-8H. The summed E-state index contributed by atoms with van der Waals surface area (Å²) in [6.07, 6.45) is 1.69. The Kier molecular flexibility index (Phi) is 3.02. The third kappa shape index (κ3) is 2.11. The molecule has 18 heavy (non-hydrogen) atoms. The van der Waals surface area contributed by atoms with Crippen LogP contribution in [0, 0.1) is 0 Å². The normalized spacial score (nSPS) is 10.8. The third-order valence-electron chi connectivity index (χ3n) is 2.66. The fraction of sp³-hybridized carbons (Fsp3) is 0. The predicted molar refractivity (Wildman–Crippen MR) is 77.7 cm³/mol. The van der Waals surface area contributed by atoms with Crippen LogP contribution in [0.4, 0.5) is 0 Å². The molecule has 0 fully saturated rings. The van der Waals surface area contributed by atoms with Crippen LogP contribution < -0.4 is 0 Å². The van der Waals surface area contributed by atoms with Crippen LogP contribution in [0.2, 0.25) is 5.02 Å². The molecule has 0 aliphatic rings. The van der Waals surface area contributed by atoms with Crippen molar-refractivity contribution in [2.24, 2.45) is 0 Å². The van der Waals surface area contributed by atoms with Gasteiger partial charge in [-0.05, 0) is 30.3 Å². The van der Waals surface area contributed by atoms with Gasteiger partial charge in [0.25, 0.3) is 0 Å². The van der Waals surface area contributed by atoms with Crippen molar-refractivity contribution >= 4 is 38.6 Å². The van der Waals surface area contributed by atoms with E-state index in [1.807, 2.05) is 36.4 Å². The average molecular weight is 320 g/mol. The lowest BCUT2D eigenvalue weighted by atomic mass is 10.1. The van der Waals surface area contributed by atoms with E-state index >= 15 is 0 Å². The predicted octanol–water partition coefficient (Wildman–Crippen LogP) is 4.71. The summed E-state index contributed by atoms with van der Waals surface area (Å²) in [5, 5.41) is 0.622. The summed E-state index contributed by atoms with van der Waals surface area (Å²) in [5.74, 6) is 0. The van der Waals surface area contributed by atoms with Crippen molar-refractivity contribution in [1.29, 1.82) is 0 Å². The molecule has 0 saturated carbocycles. The van der Waals surface area contributed by atoms with Gasteiger partial charge in [0.1, 0.15) is 5.52 Å². The van der Waals surface area contributed by atoms with Gasteiger partial charge in [-0.3, -0.25) is 4.98 Å². The Hall–Kier alpha value is -1.45. The second-order valence-electron chi connectivity index (χ2n) is 3.87. The van der Waals surface area contributed by atoms with Crippen LogP contribution in [0.5, 0.6) is 0 Å². The number of aromatic nitrogens is 2. The van der Waals surface area contributed by atoms with Gasteiger partial charge >= 0.3 is 0 Å². The summed E-state index contributed by atoms with van der Waals surface area (Å²) in [6, 6.07) is 13.6. The fourth-order valence-corrected chi connectivity index (χ4v) is 2.40. The summed E-state index contributed by atoms with van der Waals surface area (Å²) < 4.78 is 1.03. The Morgan fingerprint density at radius 3 is 2.78 bits per heavy atom. The summed E-state index contributed by atoms with van der Waals surface area (Å²) >= 11 is 9.59. The van der Waals surface area contributed by atoms with Gasteiger partial charge in [0.2, 0.25) is 0 Å². The van der Waals surface area contributed by atoms with Gasteiger partial charge in [0, 0.05) is 16.2 Å². The molecule has 0 amide bonds. The van der Waals surface area contributed by atoms with E-state index in [9.17, 15) is 0 Å². The van der Waals surface area contributed by atoms with Crippen LogP contribution in [0.25, 0.3) is 22.3 Å². The van der Waals surface area contributed by atoms with Gasteiger partial charge in [-0.25, -0.2) is 4.98 Å². The second-order valence-corrected chi connectivity index (χ2v) is 5.19. The Morgan fingerprint density at radius 2 is 1.94 bits per heavy atom. The first-order valence-electron chi connectivity index (χ1n) is 5.41. The highest BCUT2D eigenvalue weighted by Crippen LogP contribution is 2.25. The van der Waals surface area contributed by atoms with Crippen LogP contribution in [0.1, 0.15) is 0 Å². The molecular weight excluding hydrogens is 312 g/mol. The van der Waals surface area contributed by atoms with Crippen molar-refractivity contribution in [3.8, 4) is 11.3 Å². The molecule has 0 aliphatic heterocycles. The van der Waals surface area contributed by atoms with E-state index in [2.05, 4.69) is 25.9 Å². The third-order valence-corrected chi connectivity index (χ3v) is 3.45. The maximum absolute atomic E-state index is 6.14. The molecule has 88 valence electrons. The van der Waals surface area contributed by atoms with Crippen molar-refractivity contribution in [1.82, 2.24) is 9.97 Å². The SMILES string of the molecule is Clc1ccnc2ccc(-c3cccc(Br)c3)nc12. The van der Waals surface area contributed by atoms with E-state index < -0.39 is 0 Å². The fourth-order valence-electron chi connectivity index (χ4n) is 1.80. The van der Waals surface area contributed by atoms with Gasteiger partial charge in [-0.2, -0.15) is 0 Å². The van der Waals surface area contributed by atoms with E-state index in [0.717, 1.165) is 26.8 Å². The molecule has 0 bridgehead atoms. The van der Waals surface area contributed by atoms with Crippen LogP contribution >= 0.6 is 27.5 Å². The molecule has 0 aliphatic carbocycles. The Bertz CT molecular complexity index is 728. The quantitative estimate of drug-likeness (QED) is 0.649. The van der Waals surface area contributed by atoms with Gasteiger partial charge in [-0.15, -0.1) is 0 Å². The number of nitrogens with zero attached hydrogens (tertiary/aromatic N) is 2. The average Bonchev–Trinajstić information content (AvgIpc) is 2.39. The molecule has 4 heteroatoms. The number of hydrogen-bond donors (Lipinski definition) is 0. The van der Waals surface area contributed by atoms with Gasteiger partial charge < -0.3 is 0 Å². The van der Waals surface area contributed by atoms with Crippen molar-refractivity contribution in [3.63, 3.8) is 0 Å². The van der Waals surface area contributed by atoms with E-state index in [1.54, 1.807) is 12.3 Å². The summed E-state index contributed by atoms with van der Waals surface area (Å²) in [4.78, 5) is 8.81. The molecule has 3 rings (SSSR count). The molecule has 0 N–H and O–H groups in total. The van der Waals surface area contributed by atoms with Gasteiger partial charge in [-0.1, -0.05) is 39.7 Å². The van der Waals surface area contributed by atoms with Crippen molar-refractivity contribution in [2.75, 3.05) is 0 Å². The maximum atomic E-state index is 6.14. The molecule has 0 unspecified atom stereocenters. The van der Waals surface area contributed by atoms with Crippen molar-refractivity contribution < 1.29 is 0 Å². The first kappa shape index (κ1) is 11.6. The first-order valence-corrected chi connectivity index (χ1v) is 6.58. The smallest absolute Gasteiger partial charge is 0.108 e. The van der Waals surface area contributed by atoms with Crippen molar-refractivity contribution in [3.05, 3.63) is 58.2 Å². The first-order chi connectivity index (χ1) is 8.74. The monoisotopic (exact) mass is 318 g/mol. The largest absolute Gasteiger partial charge is 0.255 e. The minimum atomic E-state index is 0.622. The zero-order valence-electron chi connectivity index (χ0n) is 9.27. The molecule has 0 spiro atoms. The number of pyridine rings is 2. The minimum absolute atomic E-state index is 0.622. The van der Waals surface area contributed by atoms with Crippen LogP contribution in [-0.4, -0.2) is 9.97 Å². The zero-order valence-corrected chi connectivity index (χ0v) is 11.6. The molecule has 2 nitrogen and oxygen atoms in total. The lowest BCUT2D eigenvalue weighted by Crippen LogP contribution is -1.88. The number of rotatable bonds is 1. The lowest BCUT2D eigenvalue weighted by molar-refractivity contribution is 1.33. The van der Waals surface area contributed by atoms with E-state index in [1.165, 1.54) is 0 Å². The van der Waals surface area contributed by atoms with Crippen LogP contribution in [0.15, 0.2) is 53.1 Å². The van der Waals surface area contributed by atoms with E-state index in [4.69, 9.17) is 11.6 Å². The number of fused-ring (bicyclic) bond motifs is 1. The number of benzene rings is 1. The Balaban J connectivity index is 2.22. The Morgan fingerprint density at radius 1 is 1.06 bits per heavy atom. The van der Waals surface area contributed by atoms with Gasteiger partial charge in [0.15, 0.2) is 0 Å². The summed E-state index contributed by atoms with van der Waals surface area (Å²) in [5.41, 5.74) is 3.47. The zero-order chi connectivity index (χ0) is 12.5. The Labute approximate surface area is 118 Å².